The molecule has 4 nitrogen and oxygen atoms in total. The Hall–Kier alpha value is -1.30. The first kappa shape index (κ1) is 14.1. The average Bonchev–Trinajstić information content (AvgIpc) is 2.76. The van der Waals surface area contributed by atoms with Gasteiger partial charge in [0.15, 0.2) is 5.22 Å². The molecule has 1 heterocycles. The first-order chi connectivity index (χ1) is 8.96. The molecule has 1 N–H and O–H groups in total. The zero-order valence-electron chi connectivity index (χ0n) is 10.4. The van der Waals surface area contributed by atoms with Crippen LogP contribution in [-0.4, -0.2) is 8.42 Å². The van der Waals surface area contributed by atoms with Gasteiger partial charge in [-0.2, -0.15) is 0 Å². The minimum atomic E-state index is -3.40. The van der Waals surface area contributed by atoms with Gasteiger partial charge in [-0.15, -0.1) is 0 Å². The molecule has 0 aliphatic carbocycles. The Kier molecular flexibility index (Phi) is 4.29. The van der Waals surface area contributed by atoms with Crippen LogP contribution in [-0.2, 0) is 22.3 Å². The fraction of sp³-hybridized carbons (Fsp3) is 0.231. The molecule has 1 aromatic heterocycles. The van der Waals surface area contributed by atoms with Crippen molar-refractivity contribution in [3.05, 3.63) is 58.5 Å². The largest absolute Gasteiger partial charge is 0.448 e. The maximum absolute atomic E-state index is 11.9. The summed E-state index contributed by atoms with van der Waals surface area (Å²) in [5.74, 6) is 0.437. The number of halogens is 1. The molecule has 0 aliphatic heterocycles. The third-order valence-electron chi connectivity index (χ3n) is 2.70. The molecule has 0 saturated carbocycles. The van der Waals surface area contributed by atoms with Gasteiger partial charge in [-0.3, -0.25) is 0 Å². The molecule has 0 bridgehead atoms. The average molecular weight is 300 g/mol. The van der Waals surface area contributed by atoms with Crippen molar-refractivity contribution in [2.75, 3.05) is 0 Å². The van der Waals surface area contributed by atoms with E-state index in [0.29, 0.717) is 5.76 Å². The number of rotatable bonds is 5. The van der Waals surface area contributed by atoms with Gasteiger partial charge in [-0.1, -0.05) is 24.3 Å². The first-order valence-corrected chi connectivity index (χ1v) is 7.75. The third-order valence-corrected chi connectivity index (χ3v) is 4.18. The maximum atomic E-state index is 11.9. The van der Waals surface area contributed by atoms with Crippen LogP contribution in [0.4, 0.5) is 0 Å². The maximum Gasteiger partial charge on any atom is 0.216 e. The molecule has 0 spiro atoms. The van der Waals surface area contributed by atoms with Crippen LogP contribution >= 0.6 is 11.6 Å². The second-order valence-corrected chi connectivity index (χ2v) is 6.39. The van der Waals surface area contributed by atoms with Crippen molar-refractivity contribution in [3.63, 3.8) is 0 Å². The van der Waals surface area contributed by atoms with E-state index in [2.05, 4.69) is 4.72 Å². The van der Waals surface area contributed by atoms with E-state index in [4.69, 9.17) is 16.0 Å². The van der Waals surface area contributed by atoms with Crippen molar-refractivity contribution < 1.29 is 12.8 Å². The van der Waals surface area contributed by atoms with E-state index in [1.54, 1.807) is 18.2 Å². The lowest BCUT2D eigenvalue weighted by atomic mass is 10.1. The molecule has 0 aliphatic rings. The van der Waals surface area contributed by atoms with Gasteiger partial charge in [0, 0.05) is 0 Å². The van der Waals surface area contributed by atoms with Crippen LogP contribution in [0.1, 0.15) is 16.9 Å². The first-order valence-electron chi connectivity index (χ1n) is 5.72. The smallest absolute Gasteiger partial charge is 0.216 e. The lowest BCUT2D eigenvalue weighted by Gasteiger charge is -2.07. The van der Waals surface area contributed by atoms with Gasteiger partial charge in [-0.25, -0.2) is 13.1 Å². The third kappa shape index (κ3) is 4.09. The number of nitrogens with one attached hydrogen (secondary N) is 1. The Morgan fingerprint density at radius 2 is 1.95 bits per heavy atom. The van der Waals surface area contributed by atoms with E-state index in [1.807, 2.05) is 25.1 Å². The predicted octanol–water partition coefficient (Wildman–Crippen LogP) is 2.86. The van der Waals surface area contributed by atoms with E-state index in [1.165, 1.54) is 0 Å². The number of aryl methyl sites for hydroxylation is 1. The van der Waals surface area contributed by atoms with E-state index in [9.17, 15) is 8.42 Å². The Balaban J connectivity index is 2.01. The van der Waals surface area contributed by atoms with E-state index >= 15 is 0 Å². The normalized spacial score (nSPS) is 11.7. The number of benzene rings is 1. The van der Waals surface area contributed by atoms with Gasteiger partial charge in [0.1, 0.15) is 5.76 Å². The minimum Gasteiger partial charge on any atom is -0.448 e. The lowest BCUT2D eigenvalue weighted by molar-refractivity contribution is 0.500. The van der Waals surface area contributed by atoms with Gasteiger partial charge in [0.2, 0.25) is 10.0 Å². The molecule has 0 unspecified atom stereocenters. The predicted molar refractivity (Wildman–Crippen MR) is 74.4 cm³/mol. The minimum absolute atomic E-state index is 0.0475. The van der Waals surface area contributed by atoms with E-state index in [0.717, 1.165) is 11.1 Å². The molecule has 1 aromatic carbocycles. The number of hydrogen-bond donors (Lipinski definition) is 1. The number of hydrogen-bond acceptors (Lipinski definition) is 3. The number of sulfonamides is 1. The molecule has 6 heteroatoms. The lowest BCUT2D eigenvalue weighted by Crippen LogP contribution is -2.24. The summed E-state index contributed by atoms with van der Waals surface area (Å²) in [7, 11) is -3.40. The summed E-state index contributed by atoms with van der Waals surface area (Å²) < 4.78 is 31.5. The van der Waals surface area contributed by atoms with Crippen LogP contribution in [0.3, 0.4) is 0 Å². The van der Waals surface area contributed by atoms with Gasteiger partial charge in [0.05, 0.1) is 12.3 Å². The highest BCUT2D eigenvalue weighted by atomic mass is 35.5. The Morgan fingerprint density at radius 3 is 2.58 bits per heavy atom. The highest BCUT2D eigenvalue weighted by Crippen LogP contribution is 2.14. The molecule has 0 saturated heterocycles. The quantitative estimate of drug-likeness (QED) is 0.923. The van der Waals surface area contributed by atoms with Crippen LogP contribution in [0.25, 0.3) is 0 Å². The molecule has 2 rings (SSSR count). The topological polar surface area (TPSA) is 59.3 Å². The number of furan rings is 1. The zero-order chi connectivity index (χ0) is 13.9. The molecule has 102 valence electrons. The summed E-state index contributed by atoms with van der Waals surface area (Å²) in [6.07, 6.45) is 0. The van der Waals surface area contributed by atoms with E-state index < -0.39 is 10.0 Å². The fourth-order valence-electron chi connectivity index (χ4n) is 1.66. The summed E-state index contributed by atoms with van der Waals surface area (Å²) >= 11 is 5.62. The molecule has 0 fully saturated rings. The zero-order valence-corrected chi connectivity index (χ0v) is 12.0. The second kappa shape index (κ2) is 5.77. The van der Waals surface area contributed by atoms with Crippen molar-refractivity contribution in [2.45, 2.75) is 19.2 Å². The molecule has 2 aromatic rings. The Bertz CT molecular complexity index is 664. The van der Waals surface area contributed by atoms with Crippen LogP contribution < -0.4 is 4.72 Å². The molecule has 0 atom stereocenters. The second-order valence-electron chi connectivity index (χ2n) is 4.21. The summed E-state index contributed by atoms with van der Waals surface area (Å²) in [5.41, 5.74) is 1.74. The van der Waals surface area contributed by atoms with E-state index in [-0.39, 0.29) is 17.5 Å². The van der Waals surface area contributed by atoms with Crippen molar-refractivity contribution in [1.82, 2.24) is 4.72 Å². The summed E-state index contributed by atoms with van der Waals surface area (Å²) in [6, 6.07) is 10.6. The van der Waals surface area contributed by atoms with Crippen molar-refractivity contribution >= 4 is 21.6 Å². The van der Waals surface area contributed by atoms with Crippen LogP contribution in [0.5, 0.6) is 0 Å². The SMILES string of the molecule is Cc1ccccc1CS(=O)(=O)NCc1ccc(Cl)o1. The van der Waals surface area contributed by atoms with Crippen LogP contribution in [0.15, 0.2) is 40.8 Å². The highest BCUT2D eigenvalue weighted by molar-refractivity contribution is 7.88. The molecule has 19 heavy (non-hydrogen) atoms. The van der Waals surface area contributed by atoms with Gasteiger partial charge < -0.3 is 4.42 Å². The summed E-state index contributed by atoms with van der Waals surface area (Å²) in [6.45, 7) is 1.98. The molecule has 0 radical (unpaired) electrons. The van der Waals surface area contributed by atoms with Crippen molar-refractivity contribution in [1.29, 1.82) is 0 Å². The molecular formula is C13H14ClNO3S. The molecular weight excluding hydrogens is 286 g/mol. The summed E-state index contributed by atoms with van der Waals surface area (Å²) in [5, 5.41) is 0.244. The van der Waals surface area contributed by atoms with Gasteiger partial charge >= 0.3 is 0 Å². The van der Waals surface area contributed by atoms with Gasteiger partial charge in [-0.05, 0) is 41.8 Å². The monoisotopic (exact) mass is 299 g/mol. The van der Waals surface area contributed by atoms with Crippen LogP contribution in [0.2, 0.25) is 5.22 Å². The Morgan fingerprint density at radius 1 is 1.21 bits per heavy atom. The standard InChI is InChI=1S/C13H14ClNO3S/c1-10-4-2-3-5-11(10)9-19(16,17)15-8-12-6-7-13(14)18-12/h2-7,15H,8-9H2,1H3. The molecule has 0 amide bonds. The van der Waals surface area contributed by atoms with Crippen molar-refractivity contribution in [2.24, 2.45) is 0 Å². The summed E-state index contributed by atoms with van der Waals surface area (Å²) in [4.78, 5) is 0. The van der Waals surface area contributed by atoms with Crippen molar-refractivity contribution in [3.8, 4) is 0 Å². The van der Waals surface area contributed by atoms with Crippen LogP contribution in [0, 0.1) is 6.92 Å². The van der Waals surface area contributed by atoms with Gasteiger partial charge in [0.25, 0.3) is 0 Å². The Labute approximate surface area is 117 Å². The highest BCUT2D eigenvalue weighted by Gasteiger charge is 2.13. The fourth-order valence-corrected chi connectivity index (χ4v) is 3.02.